The lowest BCUT2D eigenvalue weighted by atomic mass is 10.0. The molecule has 3 N–H and O–H groups in total. The average molecular weight is 277 g/mol. The van der Waals surface area contributed by atoms with E-state index in [2.05, 4.69) is 0 Å². The maximum absolute atomic E-state index is 11.0. The first-order valence-corrected chi connectivity index (χ1v) is 5.95. The molecular formula is C14H13ClN2O2. The Hall–Kier alpha value is -2.25. The third kappa shape index (κ3) is 4.86. The van der Waals surface area contributed by atoms with Crippen molar-refractivity contribution >= 4 is 17.6 Å². The summed E-state index contributed by atoms with van der Waals surface area (Å²) in [5.41, 5.74) is 6.83. The van der Waals surface area contributed by atoms with Gasteiger partial charge in [-0.05, 0) is 36.6 Å². The lowest BCUT2D eigenvalue weighted by Gasteiger charge is -2.03. The quantitative estimate of drug-likeness (QED) is 0.639. The van der Waals surface area contributed by atoms with E-state index in [1.807, 2.05) is 12.1 Å². The fourth-order valence-electron chi connectivity index (χ4n) is 1.53. The third-order valence-corrected chi connectivity index (χ3v) is 2.72. The van der Waals surface area contributed by atoms with Gasteiger partial charge in [-0.15, -0.1) is 0 Å². The summed E-state index contributed by atoms with van der Waals surface area (Å²) in [5.74, 6) is -1.03. The Morgan fingerprint density at radius 1 is 1.53 bits per heavy atom. The number of nitrogens with two attached hydrogens (primary N) is 1. The molecule has 0 radical (unpaired) electrons. The van der Waals surface area contributed by atoms with Crippen LogP contribution in [0, 0.1) is 11.3 Å². The first-order valence-electron chi connectivity index (χ1n) is 5.57. The molecule has 5 heteroatoms. The van der Waals surface area contributed by atoms with Gasteiger partial charge in [-0.2, -0.15) is 5.26 Å². The van der Waals surface area contributed by atoms with Gasteiger partial charge in [-0.3, -0.25) is 0 Å². The fourth-order valence-corrected chi connectivity index (χ4v) is 1.66. The number of halogens is 1. The van der Waals surface area contributed by atoms with Crippen molar-refractivity contribution in [3.05, 3.63) is 58.3 Å². The van der Waals surface area contributed by atoms with Crippen molar-refractivity contribution in [2.75, 3.05) is 0 Å². The van der Waals surface area contributed by atoms with Crippen molar-refractivity contribution in [2.24, 2.45) is 5.73 Å². The number of aliphatic carboxylic acids is 1. The van der Waals surface area contributed by atoms with Crippen molar-refractivity contribution in [2.45, 2.75) is 12.8 Å². The Morgan fingerprint density at radius 2 is 2.26 bits per heavy atom. The zero-order valence-electron chi connectivity index (χ0n) is 10.1. The van der Waals surface area contributed by atoms with Gasteiger partial charge in [0.15, 0.2) is 0 Å². The number of carboxylic acids is 1. The number of hydrogen-bond donors (Lipinski definition) is 2. The Kier molecular flexibility index (Phi) is 5.65. The van der Waals surface area contributed by atoms with Crippen LogP contribution in [0.15, 0.2) is 47.1 Å². The lowest BCUT2D eigenvalue weighted by molar-refractivity contribution is -0.132. The molecule has 0 heterocycles. The molecule has 98 valence electrons. The third-order valence-electron chi connectivity index (χ3n) is 2.49. The molecule has 0 spiro atoms. The van der Waals surface area contributed by atoms with Crippen molar-refractivity contribution in [1.82, 2.24) is 0 Å². The van der Waals surface area contributed by atoms with Gasteiger partial charge in [0.2, 0.25) is 0 Å². The number of allylic oxidation sites excluding steroid dienone is 2. The first kappa shape index (κ1) is 14.8. The topological polar surface area (TPSA) is 87.1 Å². The normalized spacial score (nSPS) is 12.0. The van der Waals surface area contributed by atoms with Crippen LogP contribution < -0.4 is 5.73 Å². The molecule has 0 fully saturated rings. The van der Waals surface area contributed by atoms with Gasteiger partial charge in [0.25, 0.3) is 0 Å². The Labute approximate surface area is 116 Å². The second kappa shape index (κ2) is 7.24. The molecule has 0 saturated heterocycles. The van der Waals surface area contributed by atoms with Crippen molar-refractivity contribution in [3.8, 4) is 6.07 Å². The van der Waals surface area contributed by atoms with Crippen molar-refractivity contribution in [3.63, 3.8) is 0 Å². The van der Waals surface area contributed by atoms with Gasteiger partial charge in [-0.1, -0.05) is 23.7 Å². The van der Waals surface area contributed by atoms with Crippen molar-refractivity contribution in [1.29, 1.82) is 5.26 Å². The van der Waals surface area contributed by atoms with E-state index >= 15 is 0 Å². The smallest absolute Gasteiger partial charge is 0.331 e. The zero-order valence-corrected chi connectivity index (χ0v) is 10.9. The molecule has 0 atom stereocenters. The summed E-state index contributed by atoms with van der Waals surface area (Å²) in [6.07, 6.45) is 3.30. The minimum Gasteiger partial charge on any atom is -0.478 e. The molecule has 0 bridgehead atoms. The summed E-state index contributed by atoms with van der Waals surface area (Å²) in [7, 11) is 0. The van der Waals surface area contributed by atoms with Crippen LogP contribution in [0.4, 0.5) is 0 Å². The highest BCUT2D eigenvalue weighted by Gasteiger charge is 2.08. The van der Waals surface area contributed by atoms with Gasteiger partial charge in [0.05, 0.1) is 16.7 Å². The number of rotatable bonds is 5. The van der Waals surface area contributed by atoms with Gasteiger partial charge in [-0.25, -0.2) is 4.79 Å². The Balaban J connectivity index is 2.80. The molecule has 1 rings (SSSR count). The minimum absolute atomic E-state index is 0.175. The Bertz CT molecular complexity index is 571. The number of carboxylic acid groups (broad SMARTS) is 1. The molecule has 0 unspecified atom stereocenters. The van der Waals surface area contributed by atoms with E-state index in [1.165, 1.54) is 6.08 Å². The maximum Gasteiger partial charge on any atom is 0.331 e. The standard InChI is InChI=1S/C14H13ClN2O2/c15-13(9-17)7-12(14(18)19)5-4-10-2-1-3-11(6-10)8-16/h1-3,6-7,9H,4-5,17H2,(H,18,19)/b12-7+,13-9+. The summed E-state index contributed by atoms with van der Waals surface area (Å²) < 4.78 is 0. The van der Waals surface area contributed by atoms with Crippen LogP contribution in [0.5, 0.6) is 0 Å². The van der Waals surface area contributed by atoms with E-state index in [0.717, 1.165) is 11.8 Å². The highest BCUT2D eigenvalue weighted by molar-refractivity contribution is 6.31. The lowest BCUT2D eigenvalue weighted by Crippen LogP contribution is -2.02. The van der Waals surface area contributed by atoms with Crippen LogP contribution in [-0.2, 0) is 11.2 Å². The number of nitriles is 1. The van der Waals surface area contributed by atoms with E-state index in [1.54, 1.807) is 18.2 Å². The molecule has 1 aromatic carbocycles. The predicted octanol–water partition coefficient (Wildman–Crippen LogP) is 2.54. The summed E-state index contributed by atoms with van der Waals surface area (Å²) in [6, 6.07) is 9.09. The zero-order chi connectivity index (χ0) is 14.3. The SMILES string of the molecule is N#Cc1cccc(CC/C(=C\C(Cl)=C/N)C(=O)O)c1. The monoisotopic (exact) mass is 276 g/mol. The van der Waals surface area contributed by atoms with E-state index in [-0.39, 0.29) is 10.6 Å². The van der Waals surface area contributed by atoms with Gasteiger partial charge >= 0.3 is 5.97 Å². The number of nitrogens with zero attached hydrogens (tertiary/aromatic N) is 1. The number of carbonyl (C=O) groups is 1. The van der Waals surface area contributed by atoms with Gasteiger partial charge in [0, 0.05) is 11.8 Å². The highest BCUT2D eigenvalue weighted by atomic mass is 35.5. The van der Waals surface area contributed by atoms with E-state index in [4.69, 9.17) is 27.7 Å². The predicted molar refractivity (Wildman–Crippen MR) is 73.3 cm³/mol. The maximum atomic E-state index is 11.0. The average Bonchev–Trinajstić information content (AvgIpc) is 2.42. The second-order valence-corrected chi connectivity index (χ2v) is 4.27. The molecular weight excluding hydrogens is 264 g/mol. The Morgan fingerprint density at radius 3 is 2.84 bits per heavy atom. The van der Waals surface area contributed by atoms with E-state index in [0.29, 0.717) is 18.4 Å². The largest absolute Gasteiger partial charge is 0.478 e. The van der Waals surface area contributed by atoms with Crippen LogP contribution >= 0.6 is 11.6 Å². The summed E-state index contributed by atoms with van der Waals surface area (Å²) in [4.78, 5) is 11.0. The van der Waals surface area contributed by atoms with Crippen LogP contribution in [0.1, 0.15) is 17.5 Å². The molecule has 0 aliphatic carbocycles. The number of hydrogen-bond acceptors (Lipinski definition) is 3. The van der Waals surface area contributed by atoms with Crippen LogP contribution in [0.3, 0.4) is 0 Å². The van der Waals surface area contributed by atoms with Crippen molar-refractivity contribution < 1.29 is 9.90 Å². The van der Waals surface area contributed by atoms with Gasteiger partial charge in [0.1, 0.15) is 0 Å². The fraction of sp³-hybridized carbons (Fsp3) is 0.143. The molecule has 0 aliphatic rings. The summed E-state index contributed by atoms with van der Waals surface area (Å²) in [6.45, 7) is 0. The van der Waals surface area contributed by atoms with E-state index in [9.17, 15) is 4.79 Å². The number of benzene rings is 1. The van der Waals surface area contributed by atoms with Gasteiger partial charge < -0.3 is 10.8 Å². The highest BCUT2D eigenvalue weighted by Crippen LogP contribution is 2.14. The number of aryl methyl sites for hydroxylation is 1. The molecule has 0 aliphatic heterocycles. The van der Waals surface area contributed by atoms with E-state index < -0.39 is 5.97 Å². The summed E-state index contributed by atoms with van der Waals surface area (Å²) in [5, 5.41) is 18.0. The van der Waals surface area contributed by atoms with Crippen LogP contribution in [-0.4, -0.2) is 11.1 Å². The molecule has 0 aromatic heterocycles. The van der Waals surface area contributed by atoms with Crippen LogP contribution in [0.25, 0.3) is 0 Å². The molecule has 19 heavy (non-hydrogen) atoms. The molecule has 4 nitrogen and oxygen atoms in total. The molecule has 0 amide bonds. The minimum atomic E-state index is -1.03. The first-order chi connectivity index (χ1) is 9.06. The molecule has 1 aromatic rings. The van der Waals surface area contributed by atoms with Crippen LogP contribution in [0.2, 0.25) is 0 Å². The second-order valence-electron chi connectivity index (χ2n) is 3.84. The molecule has 0 saturated carbocycles. The summed E-state index contributed by atoms with van der Waals surface area (Å²) >= 11 is 5.69.